The third-order valence-corrected chi connectivity index (χ3v) is 3.22. The molecule has 1 aromatic rings. The van der Waals surface area contributed by atoms with Crippen molar-refractivity contribution in [2.45, 2.75) is 33.1 Å². The third kappa shape index (κ3) is 5.72. The van der Waals surface area contributed by atoms with Crippen molar-refractivity contribution in [1.29, 1.82) is 5.26 Å². The molecular weight excluding hydrogens is 283 g/mol. The summed E-state index contributed by atoms with van der Waals surface area (Å²) >= 11 is 0. The predicted octanol–water partition coefficient (Wildman–Crippen LogP) is 3.38. The second-order valence-corrected chi connectivity index (χ2v) is 5.10. The van der Waals surface area contributed by atoms with Gasteiger partial charge in [0.2, 0.25) is 5.91 Å². The Kier molecular flexibility index (Phi) is 7.98. The van der Waals surface area contributed by atoms with Crippen molar-refractivity contribution >= 4 is 5.91 Å². The van der Waals surface area contributed by atoms with Crippen molar-refractivity contribution in [3.05, 3.63) is 30.1 Å². The zero-order valence-corrected chi connectivity index (χ0v) is 13.2. The Bertz CT molecular complexity index is 508. The van der Waals surface area contributed by atoms with E-state index in [1.165, 1.54) is 12.1 Å². The van der Waals surface area contributed by atoms with E-state index in [2.05, 4.69) is 6.07 Å². The number of nitrogens with zero attached hydrogens (tertiary/aromatic N) is 2. The number of carbonyl (C=O) groups is 1. The third-order valence-electron chi connectivity index (χ3n) is 3.22. The van der Waals surface area contributed by atoms with E-state index in [0.29, 0.717) is 25.3 Å². The second kappa shape index (κ2) is 9.78. The molecule has 0 saturated carbocycles. The van der Waals surface area contributed by atoms with E-state index in [0.717, 1.165) is 12.8 Å². The zero-order valence-electron chi connectivity index (χ0n) is 13.2. The standard InChI is InChI=1S/C17H23FN2O2/c1-3-9-20(10-4-2)17(21)14(13-19)8-11-22-16-7-5-6-15(18)12-16/h5-7,12,14H,3-4,8-11H2,1-2H3. The van der Waals surface area contributed by atoms with Gasteiger partial charge < -0.3 is 9.64 Å². The molecule has 5 heteroatoms. The predicted molar refractivity (Wildman–Crippen MR) is 82.8 cm³/mol. The molecule has 0 radical (unpaired) electrons. The van der Waals surface area contributed by atoms with Crippen LogP contribution in [0.2, 0.25) is 0 Å². The first kappa shape index (κ1) is 18.0. The molecule has 0 fully saturated rings. The van der Waals surface area contributed by atoms with Gasteiger partial charge in [-0.25, -0.2) is 4.39 Å². The zero-order chi connectivity index (χ0) is 16.4. The fraction of sp³-hybridized carbons (Fsp3) is 0.529. The van der Waals surface area contributed by atoms with Crippen LogP contribution in [0.1, 0.15) is 33.1 Å². The maximum absolute atomic E-state index is 13.0. The van der Waals surface area contributed by atoms with Gasteiger partial charge in [0.1, 0.15) is 17.5 Å². The summed E-state index contributed by atoms with van der Waals surface area (Å²) in [6.45, 7) is 5.54. The number of hydrogen-bond acceptors (Lipinski definition) is 3. The molecule has 1 rings (SSSR count). The van der Waals surface area contributed by atoms with E-state index < -0.39 is 5.92 Å². The Hall–Kier alpha value is -2.09. The number of amides is 1. The van der Waals surface area contributed by atoms with Gasteiger partial charge >= 0.3 is 0 Å². The summed E-state index contributed by atoms with van der Waals surface area (Å²) in [4.78, 5) is 14.1. The minimum absolute atomic E-state index is 0.144. The van der Waals surface area contributed by atoms with Gasteiger partial charge in [0.15, 0.2) is 0 Å². The molecule has 1 amide bonds. The molecular formula is C17H23FN2O2. The molecule has 0 bridgehead atoms. The summed E-state index contributed by atoms with van der Waals surface area (Å²) in [6.07, 6.45) is 2.03. The van der Waals surface area contributed by atoms with Gasteiger partial charge in [0.25, 0.3) is 0 Å². The molecule has 1 atom stereocenters. The van der Waals surface area contributed by atoms with Crippen LogP contribution in [-0.4, -0.2) is 30.5 Å². The molecule has 0 aliphatic carbocycles. The number of carbonyl (C=O) groups excluding carboxylic acids is 1. The van der Waals surface area contributed by atoms with Crippen LogP contribution in [0.15, 0.2) is 24.3 Å². The van der Waals surface area contributed by atoms with Crippen LogP contribution in [0, 0.1) is 23.1 Å². The van der Waals surface area contributed by atoms with Crippen LogP contribution in [-0.2, 0) is 4.79 Å². The van der Waals surface area contributed by atoms with Gasteiger partial charge in [-0.05, 0) is 25.0 Å². The molecule has 22 heavy (non-hydrogen) atoms. The maximum atomic E-state index is 13.0. The summed E-state index contributed by atoms with van der Waals surface area (Å²) in [5.41, 5.74) is 0. The summed E-state index contributed by atoms with van der Waals surface area (Å²) in [5.74, 6) is -0.828. The molecule has 0 saturated heterocycles. The first-order chi connectivity index (χ1) is 10.6. The molecule has 1 unspecified atom stereocenters. The quantitative estimate of drug-likeness (QED) is 0.703. The van der Waals surface area contributed by atoms with E-state index in [4.69, 9.17) is 4.74 Å². The van der Waals surface area contributed by atoms with Crippen LogP contribution in [0.5, 0.6) is 5.75 Å². The highest BCUT2D eigenvalue weighted by atomic mass is 19.1. The van der Waals surface area contributed by atoms with Crippen molar-refractivity contribution in [3.8, 4) is 11.8 Å². The fourth-order valence-corrected chi connectivity index (χ4v) is 2.19. The summed E-state index contributed by atoms with van der Waals surface area (Å²) < 4.78 is 18.4. The van der Waals surface area contributed by atoms with E-state index >= 15 is 0 Å². The Morgan fingerprint density at radius 3 is 2.59 bits per heavy atom. The summed E-state index contributed by atoms with van der Waals surface area (Å²) in [5, 5.41) is 9.21. The highest BCUT2D eigenvalue weighted by molar-refractivity contribution is 5.81. The lowest BCUT2D eigenvalue weighted by Gasteiger charge is -2.23. The molecule has 1 aromatic carbocycles. The fourth-order valence-electron chi connectivity index (χ4n) is 2.19. The Morgan fingerprint density at radius 1 is 1.36 bits per heavy atom. The van der Waals surface area contributed by atoms with Crippen molar-refractivity contribution in [3.63, 3.8) is 0 Å². The van der Waals surface area contributed by atoms with E-state index in [1.807, 2.05) is 13.8 Å². The first-order valence-electron chi connectivity index (χ1n) is 7.69. The van der Waals surface area contributed by atoms with Gasteiger partial charge in [-0.2, -0.15) is 5.26 Å². The number of nitriles is 1. The molecule has 4 nitrogen and oxygen atoms in total. The molecule has 0 aliphatic heterocycles. The Labute approximate surface area is 131 Å². The van der Waals surface area contributed by atoms with Crippen molar-refractivity contribution in [1.82, 2.24) is 4.90 Å². The topological polar surface area (TPSA) is 53.3 Å². The van der Waals surface area contributed by atoms with Gasteiger partial charge in [-0.15, -0.1) is 0 Å². The number of benzene rings is 1. The number of ether oxygens (including phenoxy) is 1. The van der Waals surface area contributed by atoms with Crippen molar-refractivity contribution < 1.29 is 13.9 Å². The Morgan fingerprint density at radius 2 is 2.05 bits per heavy atom. The van der Waals surface area contributed by atoms with Gasteiger partial charge in [0.05, 0.1) is 12.7 Å². The SMILES string of the molecule is CCCN(CCC)C(=O)C(C#N)CCOc1cccc(F)c1. The number of rotatable bonds is 9. The largest absolute Gasteiger partial charge is 0.493 e. The first-order valence-corrected chi connectivity index (χ1v) is 7.69. The second-order valence-electron chi connectivity index (χ2n) is 5.10. The lowest BCUT2D eigenvalue weighted by Crippen LogP contribution is -2.37. The van der Waals surface area contributed by atoms with Crippen LogP contribution in [0.4, 0.5) is 4.39 Å². The Balaban J connectivity index is 2.53. The van der Waals surface area contributed by atoms with Crippen molar-refractivity contribution in [2.75, 3.05) is 19.7 Å². The van der Waals surface area contributed by atoms with Crippen LogP contribution >= 0.6 is 0 Å². The summed E-state index contributed by atoms with van der Waals surface area (Å²) in [7, 11) is 0. The van der Waals surface area contributed by atoms with Gasteiger partial charge in [0, 0.05) is 25.6 Å². The maximum Gasteiger partial charge on any atom is 0.240 e. The summed E-state index contributed by atoms with van der Waals surface area (Å²) in [6, 6.07) is 7.87. The molecule has 0 aliphatic rings. The van der Waals surface area contributed by atoms with Gasteiger partial charge in [-0.3, -0.25) is 4.79 Å². The smallest absolute Gasteiger partial charge is 0.240 e. The number of halogens is 1. The lowest BCUT2D eigenvalue weighted by molar-refractivity contribution is -0.134. The average molecular weight is 306 g/mol. The molecule has 120 valence electrons. The molecule has 0 N–H and O–H groups in total. The minimum atomic E-state index is -0.716. The van der Waals surface area contributed by atoms with Gasteiger partial charge in [-0.1, -0.05) is 19.9 Å². The molecule has 0 spiro atoms. The van der Waals surface area contributed by atoms with Crippen LogP contribution in [0.25, 0.3) is 0 Å². The lowest BCUT2D eigenvalue weighted by atomic mass is 10.1. The van der Waals surface area contributed by atoms with E-state index in [-0.39, 0.29) is 18.3 Å². The molecule has 0 aromatic heterocycles. The highest BCUT2D eigenvalue weighted by Crippen LogP contribution is 2.14. The monoisotopic (exact) mass is 306 g/mol. The van der Waals surface area contributed by atoms with Crippen molar-refractivity contribution in [2.24, 2.45) is 5.92 Å². The van der Waals surface area contributed by atoms with Crippen LogP contribution < -0.4 is 4.74 Å². The van der Waals surface area contributed by atoms with E-state index in [9.17, 15) is 14.4 Å². The molecule has 0 heterocycles. The minimum Gasteiger partial charge on any atom is -0.493 e. The van der Waals surface area contributed by atoms with Crippen LogP contribution in [0.3, 0.4) is 0 Å². The highest BCUT2D eigenvalue weighted by Gasteiger charge is 2.23. The normalized spacial score (nSPS) is 11.5. The number of hydrogen-bond donors (Lipinski definition) is 0. The average Bonchev–Trinajstić information content (AvgIpc) is 2.51. The van der Waals surface area contributed by atoms with E-state index in [1.54, 1.807) is 17.0 Å².